The molecule has 8 nitrogen and oxygen atoms in total. The molecule has 1 aliphatic rings. The summed E-state index contributed by atoms with van der Waals surface area (Å²) in [6.07, 6.45) is 0. The van der Waals surface area contributed by atoms with Gasteiger partial charge in [-0.05, 0) is 63.0 Å². The van der Waals surface area contributed by atoms with Crippen LogP contribution in [0.3, 0.4) is 0 Å². The molecule has 1 fully saturated rings. The number of ketones is 1. The number of carbonyl (C=O) groups excluding carboxylic acids is 2. The summed E-state index contributed by atoms with van der Waals surface area (Å²) in [6, 6.07) is 9.45. The molecule has 2 aromatic rings. The third-order valence-electron chi connectivity index (χ3n) is 5.73. The van der Waals surface area contributed by atoms with E-state index in [4.69, 9.17) is 14.2 Å². The Morgan fingerprint density at radius 3 is 2.24 bits per heavy atom. The van der Waals surface area contributed by atoms with Crippen molar-refractivity contribution in [2.24, 2.45) is 0 Å². The normalized spacial score (nSPS) is 17.5. The summed E-state index contributed by atoms with van der Waals surface area (Å²) in [7, 11) is 8.39. The van der Waals surface area contributed by atoms with Crippen LogP contribution in [-0.4, -0.2) is 75.1 Å². The van der Waals surface area contributed by atoms with E-state index in [1.165, 1.54) is 19.1 Å². The molecule has 2 aromatic carbocycles. The Morgan fingerprint density at radius 2 is 1.67 bits per heavy atom. The van der Waals surface area contributed by atoms with Gasteiger partial charge in [0.25, 0.3) is 11.7 Å². The van der Waals surface area contributed by atoms with Gasteiger partial charge in [-0.15, -0.1) is 0 Å². The lowest BCUT2D eigenvalue weighted by atomic mass is 9.94. The number of aliphatic hydroxyl groups is 1. The number of nitrogens with zero attached hydrogens (tertiary/aromatic N) is 2. The minimum atomic E-state index is -0.836. The van der Waals surface area contributed by atoms with Crippen LogP contribution < -0.4 is 14.2 Å². The molecule has 0 aliphatic carbocycles. The Morgan fingerprint density at radius 1 is 1.00 bits per heavy atom. The molecule has 1 heterocycles. The first-order chi connectivity index (χ1) is 15.7. The number of rotatable bonds is 8. The predicted octanol–water partition coefficient (Wildman–Crippen LogP) is 3.00. The van der Waals surface area contributed by atoms with Gasteiger partial charge >= 0.3 is 0 Å². The van der Waals surface area contributed by atoms with Gasteiger partial charge in [0.1, 0.15) is 23.0 Å². The van der Waals surface area contributed by atoms with Gasteiger partial charge in [0.2, 0.25) is 0 Å². The molecule has 0 bridgehead atoms. The molecule has 0 unspecified atom stereocenters. The van der Waals surface area contributed by atoms with Crippen molar-refractivity contribution >= 4 is 17.4 Å². The number of likely N-dealkylation sites (N-methyl/N-ethyl adjacent to an activating group) is 1. The number of hydrogen-bond donors (Lipinski definition) is 1. The first-order valence-corrected chi connectivity index (χ1v) is 10.5. The summed E-state index contributed by atoms with van der Waals surface area (Å²) in [5.41, 5.74) is 1.78. The van der Waals surface area contributed by atoms with Crippen molar-refractivity contribution in [3.63, 3.8) is 0 Å². The quantitative estimate of drug-likeness (QED) is 0.373. The average Bonchev–Trinajstić information content (AvgIpc) is 3.06. The van der Waals surface area contributed by atoms with Crippen molar-refractivity contribution in [3.05, 3.63) is 58.7 Å². The Balaban J connectivity index is 2.24. The number of carbonyl (C=O) groups is 2. The number of methoxy groups -OCH3 is 3. The lowest BCUT2D eigenvalue weighted by Gasteiger charge is -2.28. The number of ether oxygens (including phenoxy) is 3. The second-order valence-corrected chi connectivity index (χ2v) is 8.09. The van der Waals surface area contributed by atoms with Crippen molar-refractivity contribution in [3.8, 4) is 17.2 Å². The van der Waals surface area contributed by atoms with Crippen LogP contribution in [0.1, 0.15) is 22.7 Å². The number of hydrogen-bond acceptors (Lipinski definition) is 7. The van der Waals surface area contributed by atoms with Crippen LogP contribution in [0, 0.1) is 6.92 Å². The number of likely N-dealkylation sites (tertiary alicyclic amines) is 1. The Bertz CT molecular complexity index is 1090. The summed E-state index contributed by atoms with van der Waals surface area (Å²) < 4.78 is 16.2. The zero-order chi connectivity index (χ0) is 24.3. The number of amides is 1. The van der Waals surface area contributed by atoms with E-state index in [-0.39, 0.29) is 11.3 Å². The molecule has 8 heteroatoms. The fourth-order valence-electron chi connectivity index (χ4n) is 3.98. The van der Waals surface area contributed by atoms with Crippen molar-refractivity contribution in [1.29, 1.82) is 0 Å². The summed E-state index contributed by atoms with van der Waals surface area (Å²) in [6.45, 7) is 2.67. The van der Waals surface area contributed by atoms with Gasteiger partial charge in [0.15, 0.2) is 0 Å². The van der Waals surface area contributed by atoms with Crippen LogP contribution in [0.4, 0.5) is 0 Å². The van der Waals surface area contributed by atoms with E-state index in [2.05, 4.69) is 0 Å². The maximum Gasteiger partial charge on any atom is 0.295 e. The molecule has 0 radical (unpaired) electrons. The summed E-state index contributed by atoms with van der Waals surface area (Å²) in [5.74, 6) is 0.0251. The monoisotopic (exact) mass is 454 g/mol. The van der Waals surface area contributed by atoms with Gasteiger partial charge in [0, 0.05) is 24.2 Å². The SMILES string of the molecule is COc1ccc(OC)c([C@@H]2/C(=C(\O)c3ccc(OC)c(C)c3)C(=O)C(=O)N2CCN(C)C)c1. The molecule has 0 aromatic heterocycles. The fraction of sp³-hybridized carbons (Fsp3) is 0.360. The maximum absolute atomic E-state index is 13.2. The smallest absolute Gasteiger partial charge is 0.295 e. The predicted molar refractivity (Wildman–Crippen MR) is 125 cm³/mol. The minimum absolute atomic E-state index is 0.00914. The van der Waals surface area contributed by atoms with Gasteiger partial charge in [0.05, 0.1) is 32.9 Å². The first-order valence-electron chi connectivity index (χ1n) is 10.5. The van der Waals surface area contributed by atoms with Crippen molar-refractivity contribution in [2.45, 2.75) is 13.0 Å². The number of benzene rings is 2. The molecule has 1 atom stereocenters. The Labute approximate surface area is 194 Å². The zero-order valence-corrected chi connectivity index (χ0v) is 19.8. The second-order valence-electron chi connectivity index (χ2n) is 8.09. The molecule has 176 valence electrons. The van der Waals surface area contributed by atoms with Crippen LogP contribution in [0.25, 0.3) is 5.76 Å². The van der Waals surface area contributed by atoms with Crippen molar-refractivity contribution < 1.29 is 28.9 Å². The number of Topliss-reactive ketones (excluding diaryl/α,β-unsaturated/α-hetero) is 1. The third-order valence-corrected chi connectivity index (χ3v) is 5.73. The minimum Gasteiger partial charge on any atom is -0.507 e. The van der Waals surface area contributed by atoms with E-state index in [1.807, 2.05) is 25.9 Å². The first kappa shape index (κ1) is 24.1. The molecular weight excluding hydrogens is 424 g/mol. The van der Waals surface area contributed by atoms with Crippen LogP contribution in [0.5, 0.6) is 17.2 Å². The molecule has 3 rings (SSSR count). The molecule has 1 amide bonds. The highest BCUT2D eigenvalue weighted by Gasteiger charge is 2.47. The average molecular weight is 455 g/mol. The Hall–Kier alpha value is -3.52. The lowest BCUT2D eigenvalue weighted by molar-refractivity contribution is -0.140. The van der Waals surface area contributed by atoms with Crippen LogP contribution >= 0.6 is 0 Å². The van der Waals surface area contributed by atoms with Gasteiger partial charge in [-0.3, -0.25) is 9.59 Å². The van der Waals surface area contributed by atoms with Gasteiger partial charge in [-0.1, -0.05) is 0 Å². The zero-order valence-electron chi connectivity index (χ0n) is 19.8. The van der Waals surface area contributed by atoms with E-state index >= 15 is 0 Å². The highest BCUT2D eigenvalue weighted by atomic mass is 16.5. The molecule has 0 spiro atoms. The molecule has 1 saturated heterocycles. The standard InChI is InChI=1S/C25H30N2O6/c1-15-13-16(7-9-19(15)32-5)23(28)21-22(18-14-17(31-4)8-10-20(18)33-6)27(12-11-26(2)3)25(30)24(21)29/h7-10,13-14,22,28H,11-12H2,1-6H3/b23-21+/t22-/m1/s1. The second kappa shape index (κ2) is 9.95. The highest BCUT2D eigenvalue weighted by molar-refractivity contribution is 6.46. The van der Waals surface area contributed by atoms with Crippen molar-refractivity contribution in [1.82, 2.24) is 9.80 Å². The highest BCUT2D eigenvalue weighted by Crippen LogP contribution is 2.44. The molecule has 0 saturated carbocycles. The fourth-order valence-corrected chi connectivity index (χ4v) is 3.98. The number of aryl methyl sites for hydroxylation is 1. The molecule has 1 aliphatic heterocycles. The van der Waals surface area contributed by atoms with Gasteiger partial charge in [-0.2, -0.15) is 0 Å². The summed E-state index contributed by atoms with van der Waals surface area (Å²) >= 11 is 0. The van der Waals surface area contributed by atoms with Crippen LogP contribution in [0.15, 0.2) is 42.0 Å². The van der Waals surface area contributed by atoms with E-state index in [9.17, 15) is 14.7 Å². The van der Waals surface area contributed by atoms with Crippen LogP contribution in [-0.2, 0) is 9.59 Å². The Kier molecular flexibility index (Phi) is 7.28. The van der Waals surface area contributed by atoms with Crippen molar-refractivity contribution in [2.75, 3.05) is 48.5 Å². The summed E-state index contributed by atoms with van der Waals surface area (Å²) in [5, 5.41) is 11.3. The molecule has 33 heavy (non-hydrogen) atoms. The van der Waals surface area contributed by atoms with Gasteiger partial charge < -0.3 is 29.1 Å². The van der Waals surface area contributed by atoms with E-state index in [1.54, 1.807) is 43.5 Å². The third kappa shape index (κ3) is 4.66. The maximum atomic E-state index is 13.2. The molecular formula is C25H30N2O6. The van der Waals surface area contributed by atoms with E-state index in [0.29, 0.717) is 41.5 Å². The van der Waals surface area contributed by atoms with Crippen LogP contribution in [0.2, 0.25) is 0 Å². The van der Waals surface area contributed by atoms with E-state index in [0.717, 1.165) is 5.56 Å². The van der Waals surface area contributed by atoms with Gasteiger partial charge in [-0.25, -0.2) is 0 Å². The molecule has 1 N–H and O–H groups in total. The topological polar surface area (TPSA) is 88.5 Å². The van der Waals surface area contributed by atoms with E-state index < -0.39 is 17.7 Å². The largest absolute Gasteiger partial charge is 0.507 e. The number of aliphatic hydroxyl groups excluding tert-OH is 1. The summed E-state index contributed by atoms with van der Waals surface area (Å²) in [4.78, 5) is 29.7. The lowest BCUT2D eigenvalue weighted by Crippen LogP contribution is -2.35.